The second kappa shape index (κ2) is 6.92. The lowest BCUT2D eigenvalue weighted by Crippen LogP contribution is -2.50. The highest BCUT2D eigenvalue weighted by molar-refractivity contribution is 5.98. The Bertz CT molecular complexity index is 806. The Morgan fingerprint density at radius 2 is 1.81 bits per heavy atom. The zero-order valence-corrected chi connectivity index (χ0v) is 14.2. The minimum absolute atomic E-state index is 0.113. The molecule has 2 amide bonds. The summed E-state index contributed by atoms with van der Waals surface area (Å²) in [5.41, 5.74) is 2.01. The van der Waals surface area contributed by atoms with Crippen LogP contribution in [0.25, 0.3) is 0 Å². The van der Waals surface area contributed by atoms with Gasteiger partial charge in [0.15, 0.2) is 0 Å². The molecule has 0 aliphatic carbocycles. The molecule has 0 bridgehead atoms. The molecule has 1 unspecified atom stereocenters. The molecule has 26 heavy (non-hydrogen) atoms. The maximum absolute atomic E-state index is 13.9. The smallest absolute Gasteiger partial charge is 0.322 e. The average molecular weight is 358 g/mol. The molecule has 2 aromatic carbocycles. The SMILES string of the molecule is O=C(NC1CCNC1)N1CCN(c2ccc(F)cc2)c2cc(F)ccc21. The minimum atomic E-state index is -0.377. The Labute approximate surface area is 150 Å². The van der Waals surface area contributed by atoms with Crippen LogP contribution in [-0.2, 0) is 0 Å². The number of hydrogen-bond acceptors (Lipinski definition) is 3. The normalized spacial score (nSPS) is 19.4. The van der Waals surface area contributed by atoms with Crippen LogP contribution in [0.2, 0.25) is 0 Å². The fraction of sp³-hybridized carbons (Fsp3) is 0.316. The molecule has 0 radical (unpaired) electrons. The Morgan fingerprint density at radius 3 is 2.54 bits per heavy atom. The van der Waals surface area contributed by atoms with Crippen molar-refractivity contribution in [3.05, 3.63) is 54.1 Å². The summed E-state index contributed by atoms with van der Waals surface area (Å²) in [6, 6.07) is 10.4. The van der Waals surface area contributed by atoms with Crippen molar-refractivity contribution in [2.24, 2.45) is 0 Å². The first kappa shape index (κ1) is 16.8. The van der Waals surface area contributed by atoms with Crippen molar-refractivity contribution in [3.8, 4) is 0 Å². The van der Waals surface area contributed by atoms with E-state index in [2.05, 4.69) is 10.6 Å². The van der Waals surface area contributed by atoms with E-state index in [4.69, 9.17) is 0 Å². The van der Waals surface area contributed by atoms with E-state index in [-0.39, 0.29) is 23.7 Å². The Kier molecular flexibility index (Phi) is 4.46. The van der Waals surface area contributed by atoms with Gasteiger partial charge in [-0.2, -0.15) is 0 Å². The van der Waals surface area contributed by atoms with Crippen LogP contribution in [0.5, 0.6) is 0 Å². The van der Waals surface area contributed by atoms with Crippen LogP contribution >= 0.6 is 0 Å². The van der Waals surface area contributed by atoms with E-state index < -0.39 is 0 Å². The average Bonchev–Trinajstić information content (AvgIpc) is 3.14. The highest BCUT2D eigenvalue weighted by Crippen LogP contribution is 2.38. The summed E-state index contributed by atoms with van der Waals surface area (Å²) in [6.07, 6.45) is 0.900. The van der Waals surface area contributed by atoms with Gasteiger partial charge in [-0.15, -0.1) is 0 Å². The van der Waals surface area contributed by atoms with Crippen LogP contribution in [0.15, 0.2) is 42.5 Å². The van der Waals surface area contributed by atoms with Crippen molar-refractivity contribution in [2.75, 3.05) is 36.0 Å². The molecule has 2 aromatic rings. The van der Waals surface area contributed by atoms with Gasteiger partial charge in [0, 0.05) is 31.4 Å². The van der Waals surface area contributed by atoms with Crippen molar-refractivity contribution in [1.82, 2.24) is 10.6 Å². The lowest BCUT2D eigenvalue weighted by Gasteiger charge is -2.38. The summed E-state index contributed by atoms with van der Waals surface area (Å²) in [4.78, 5) is 16.3. The first-order valence-corrected chi connectivity index (χ1v) is 8.73. The molecule has 2 N–H and O–H groups in total. The van der Waals surface area contributed by atoms with E-state index in [1.165, 1.54) is 24.3 Å². The van der Waals surface area contributed by atoms with Gasteiger partial charge in [0.1, 0.15) is 11.6 Å². The van der Waals surface area contributed by atoms with E-state index in [0.717, 1.165) is 25.2 Å². The standard InChI is InChI=1S/C19H20F2N4O/c20-13-1-4-16(5-2-13)24-9-10-25(17-6-3-14(21)11-18(17)24)19(26)23-15-7-8-22-12-15/h1-6,11,15,22H,7-10,12H2,(H,23,26). The summed E-state index contributed by atoms with van der Waals surface area (Å²) >= 11 is 0. The van der Waals surface area contributed by atoms with Crippen LogP contribution < -0.4 is 20.4 Å². The monoisotopic (exact) mass is 358 g/mol. The topological polar surface area (TPSA) is 47.6 Å². The second-order valence-corrected chi connectivity index (χ2v) is 6.55. The van der Waals surface area contributed by atoms with E-state index >= 15 is 0 Å². The first-order chi connectivity index (χ1) is 12.6. The predicted molar refractivity (Wildman–Crippen MR) is 97.0 cm³/mol. The molecular weight excluding hydrogens is 338 g/mol. The number of benzene rings is 2. The molecule has 0 aromatic heterocycles. The van der Waals surface area contributed by atoms with Gasteiger partial charge in [0.25, 0.3) is 0 Å². The number of nitrogens with one attached hydrogen (secondary N) is 2. The van der Waals surface area contributed by atoms with E-state index in [0.29, 0.717) is 24.5 Å². The number of halogens is 2. The van der Waals surface area contributed by atoms with E-state index in [9.17, 15) is 13.6 Å². The van der Waals surface area contributed by atoms with Crippen molar-refractivity contribution in [1.29, 1.82) is 0 Å². The van der Waals surface area contributed by atoms with Crippen molar-refractivity contribution in [2.45, 2.75) is 12.5 Å². The zero-order chi connectivity index (χ0) is 18.1. The van der Waals surface area contributed by atoms with Gasteiger partial charge in [0.2, 0.25) is 0 Å². The van der Waals surface area contributed by atoms with Gasteiger partial charge in [-0.1, -0.05) is 0 Å². The quantitative estimate of drug-likeness (QED) is 0.868. The van der Waals surface area contributed by atoms with Crippen LogP contribution in [0, 0.1) is 11.6 Å². The molecular formula is C19H20F2N4O. The third-order valence-electron chi connectivity index (χ3n) is 4.84. The Hall–Kier alpha value is -2.67. The number of anilines is 3. The summed E-state index contributed by atoms with van der Waals surface area (Å²) in [5.74, 6) is -0.700. The van der Waals surface area contributed by atoms with Gasteiger partial charge in [0.05, 0.1) is 11.4 Å². The molecule has 136 valence electrons. The highest BCUT2D eigenvalue weighted by Gasteiger charge is 2.29. The highest BCUT2D eigenvalue weighted by atomic mass is 19.1. The molecule has 0 spiro atoms. The predicted octanol–water partition coefficient (Wildman–Crippen LogP) is 2.99. The Morgan fingerprint density at radius 1 is 1.04 bits per heavy atom. The summed E-state index contributed by atoms with van der Waals surface area (Å²) in [5, 5.41) is 6.25. The van der Waals surface area contributed by atoms with Crippen LogP contribution in [0.4, 0.5) is 30.6 Å². The first-order valence-electron chi connectivity index (χ1n) is 8.73. The third-order valence-corrected chi connectivity index (χ3v) is 4.84. The van der Waals surface area contributed by atoms with Gasteiger partial charge in [-0.3, -0.25) is 4.90 Å². The largest absolute Gasteiger partial charge is 0.338 e. The Balaban J connectivity index is 1.64. The second-order valence-electron chi connectivity index (χ2n) is 6.55. The maximum Gasteiger partial charge on any atom is 0.322 e. The van der Waals surface area contributed by atoms with Gasteiger partial charge in [-0.25, -0.2) is 13.6 Å². The maximum atomic E-state index is 13.9. The van der Waals surface area contributed by atoms with Crippen molar-refractivity contribution < 1.29 is 13.6 Å². The lowest BCUT2D eigenvalue weighted by atomic mass is 10.1. The number of hydrogen-bond donors (Lipinski definition) is 2. The van der Waals surface area contributed by atoms with Crippen LogP contribution in [0.3, 0.4) is 0 Å². The number of nitrogens with zero attached hydrogens (tertiary/aromatic N) is 2. The van der Waals surface area contributed by atoms with Crippen LogP contribution in [0.1, 0.15) is 6.42 Å². The summed E-state index contributed by atoms with van der Waals surface area (Å²) in [7, 11) is 0. The van der Waals surface area contributed by atoms with Gasteiger partial charge in [-0.05, 0) is 55.4 Å². The van der Waals surface area contributed by atoms with Gasteiger partial charge >= 0.3 is 6.03 Å². The molecule has 5 nitrogen and oxygen atoms in total. The minimum Gasteiger partial charge on any atom is -0.338 e. The fourth-order valence-electron chi connectivity index (χ4n) is 3.51. The number of carbonyl (C=O) groups excluding carboxylic acids is 1. The molecule has 0 saturated carbocycles. The number of urea groups is 1. The summed E-state index contributed by atoms with van der Waals surface area (Å²) < 4.78 is 27.1. The zero-order valence-electron chi connectivity index (χ0n) is 14.2. The molecule has 1 atom stereocenters. The molecule has 1 saturated heterocycles. The fourth-order valence-corrected chi connectivity index (χ4v) is 3.51. The summed E-state index contributed by atoms with van der Waals surface area (Å²) in [6.45, 7) is 2.61. The van der Waals surface area contributed by atoms with Crippen molar-refractivity contribution in [3.63, 3.8) is 0 Å². The number of fused-ring (bicyclic) bond motifs is 1. The molecule has 1 fully saturated rings. The van der Waals surface area contributed by atoms with E-state index in [1.54, 1.807) is 23.1 Å². The number of carbonyl (C=O) groups is 1. The van der Waals surface area contributed by atoms with Gasteiger partial charge < -0.3 is 15.5 Å². The third kappa shape index (κ3) is 3.22. The van der Waals surface area contributed by atoms with E-state index in [1.807, 2.05) is 4.90 Å². The van der Waals surface area contributed by atoms with Crippen LogP contribution in [-0.4, -0.2) is 38.3 Å². The number of rotatable bonds is 2. The molecule has 2 aliphatic heterocycles. The molecule has 2 heterocycles. The van der Waals surface area contributed by atoms with Crippen molar-refractivity contribution >= 4 is 23.1 Å². The number of amides is 2. The molecule has 2 aliphatic rings. The lowest BCUT2D eigenvalue weighted by molar-refractivity contribution is 0.243. The molecule has 4 rings (SSSR count). The molecule has 7 heteroatoms.